The number of aromatic nitrogens is 9. The van der Waals surface area contributed by atoms with Crippen molar-refractivity contribution in [2.75, 3.05) is 122 Å². The summed E-state index contributed by atoms with van der Waals surface area (Å²) in [5.74, 6) is 5.96. The molecule has 8 heterocycles. The van der Waals surface area contributed by atoms with Crippen molar-refractivity contribution in [1.82, 2.24) is 76.3 Å². The summed E-state index contributed by atoms with van der Waals surface area (Å²) in [4.78, 5) is 63.2. The summed E-state index contributed by atoms with van der Waals surface area (Å²) in [6.07, 6.45) is 10.5. The number of hydrogen-bond donors (Lipinski definition) is 7. The van der Waals surface area contributed by atoms with Crippen LogP contribution in [0.25, 0.3) is 0 Å². The third-order valence-corrected chi connectivity index (χ3v) is 19.8. The second kappa shape index (κ2) is 26.4. The van der Waals surface area contributed by atoms with Crippen LogP contribution in [0.3, 0.4) is 0 Å². The van der Waals surface area contributed by atoms with E-state index >= 15 is 0 Å². The fourth-order valence-corrected chi connectivity index (χ4v) is 17.3. The van der Waals surface area contributed by atoms with E-state index in [0.717, 1.165) is 83.7 Å². The Hall–Kier alpha value is -4.81. The molecule has 0 saturated carbocycles. The van der Waals surface area contributed by atoms with E-state index in [2.05, 4.69) is 252 Å². The van der Waals surface area contributed by atoms with Crippen molar-refractivity contribution in [2.45, 2.75) is 302 Å². The van der Waals surface area contributed by atoms with Crippen LogP contribution >= 0.6 is 0 Å². The fraction of sp³-hybridized carbons (Fsp3) is 0.868. The SMILES string of the molecule is Cc1nc(NCCCN(C)CCN(CCNc2nc(N(C)C3CC(C)(C)NC(C)(C)C3)nc(N(C)C3CC(C)(C)NC(C)(C)C3)n2)c2nc(N(C)C3CC(C)(C)NC(C)(C)C3)nc(N(C)C3CC(C)(C)NC(C)(C)C3)n2)nc(N(C)C2CC(C)(C)NC(C)(C)C2)n1. The molecule has 5 fully saturated rings. The van der Waals surface area contributed by atoms with Crippen LogP contribution in [-0.2, 0) is 0 Å². The van der Waals surface area contributed by atoms with E-state index in [0.29, 0.717) is 85.6 Å². The molecule has 8 rings (SSSR count). The molecule has 0 unspecified atom stereocenters. The van der Waals surface area contributed by atoms with Gasteiger partial charge in [0.15, 0.2) is 0 Å². The number of hydrogen-bond acceptors (Lipinski definition) is 23. The fourth-order valence-electron chi connectivity index (χ4n) is 17.3. The van der Waals surface area contributed by atoms with Crippen LogP contribution < -0.4 is 66.6 Å². The van der Waals surface area contributed by atoms with E-state index in [1.54, 1.807) is 0 Å². The molecule has 0 aliphatic carbocycles. The second-order valence-electron chi connectivity index (χ2n) is 35.3. The summed E-state index contributed by atoms with van der Waals surface area (Å²) in [5, 5.41) is 26.8. The lowest BCUT2D eigenvalue weighted by Crippen LogP contribution is -2.62. The van der Waals surface area contributed by atoms with Crippen LogP contribution in [0, 0.1) is 6.92 Å². The Balaban J connectivity index is 1.09. The highest BCUT2D eigenvalue weighted by molar-refractivity contribution is 5.50. The minimum absolute atomic E-state index is 0.00213. The van der Waals surface area contributed by atoms with Gasteiger partial charge in [0.1, 0.15) is 5.82 Å². The summed E-state index contributed by atoms with van der Waals surface area (Å²) < 4.78 is 0. The number of piperidine rings is 5. The molecule has 23 nitrogen and oxygen atoms in total. The molecule has 5 aliphatic rings. The van der Waals surface area contributed by atoms with E-state index in [1.165, 1.54) is 0 Å². The summed E-state index contributed by atoms with van der Waals surface area (Å²) in [6, 6.07) is 1.12. The number of aryl methyl sites for hydroxylation is 1. The molecule has 514 valence electrons. The molecule has 91 heavy (non-hydrogen) atoms. The van der Waals surface area contributed by atoms with Gasteiger partial charge in [-0.25, -0.2) is 0 Å². The molecule has 7 N–H and O–H groups in total. The lowest BCUT2D eigenvalue weighted by Gasteiger charge is -2.49. The zero-order valence-electron chi connectivity index (χ0n) is 62.1. The molecule has 0 bridgehead atoms. The van der Waals surface area contributed by atoms with Crippen molar-refractivity contribution in [2.24, 2.45) is 0 Å². The zero-order chi connectivity index (χ0) is 67.5. The van der Waals surface area contributed by atoms with Crippen LogP contribution in [0.4, 0.5) is 47.6 Å². The number of anilines is 8. The molecule has 0 aromatic carbocycles. The predicted molar refractivity (Wildman–Crippen MR) is 379 cm³/mol. The van der Waals surface area contributed by atoms with Gasteiger partial charge < -0.3 is 71.5 Å². The molecule has 5 aliphatic heterocycles. The van der Waals surface area contributed by atoms with Crippen molar-refractivity contribution < 1.29 is 0 Å². The maximum Gasteiger partial charge on any atom is 0.232 e. The molecular weight excluding hydrogens is 1140 g/mol. The zero-order valence-corrected chi connectivity index (χ0v) is 62.1. The van der Waals surface area contributed by atoms with Crippen molar-refractivity contribution in [3.63, 3.8) is 0 Å². The van der Waals surface area contributed by atoms with Crippen LogP contribution in [-0.4, -0.2) is 217 Å². The van der Waals surface area contributed by atoms with Crippen LogP contribution in [0.2, 0.25) is 0 Å². The standard InChI is InChI=1S/C68H127N23/c1-45-71-51(73-53(72-45)86(23)46-35-59(2,3)80-60(4,5)36-46)69-29-28-31-85(22)33-34-91(58-78-56(89(26)49-41-65(14,15)83-66(16,17)42-49)77-57(79-58)90(27)50-43-67(18,19)84-68(20,21)44-50)32-30-70-52-74-54(87(24)47-37-61(6,7)81-62(8,9)38-47)76-55(75-52)88(25)48-39-63(10,11)82-64(12,13)40-48/h46-50,80-84H,28-44H2,1-27H3,(H,69,71,72,73)(H,70,74,75,76). The third kappa shape index (κ3) is 19.7. The van der Waals surface area contributed by atoms with Crippen LogP contribution in [0.5, 0.6) is 0 Å². The number of likely N-dealkylation sites (N-methyl/N-ethyl adjacent to an activating group) is 1. The third-order valence-electron chi connectivity index (χ3n) is 19.8. The minimum atomic E-state index is -0.0773. The first-order chi connectivity index (χ1) is 41.7. The second-order valence-corrected chi connectivity index (χ2v) is 35.3. The number of nitrogens with one attached hydrogen (secondary N) is 7. The molecule has 0 radical (unpaired) electrons. The first kappa shape index (κ1) is 72.0. The first-order valence-corrected chi connectivity index (χ1v) is 34.4. The van der Waals surface area contributed by atoms with Gasteiger partial charge in [-0.05, 0) is 230 Å². The normalized spacial score (nSPS) is 23.5. The number of rotatable bonds is 23. The Morgan fingerprint density at radius 1 is 0.308 bits per heavy atom. The van der Waals surface area contributed by atoms with E-state index in [1.807, 2.05) is 6.92 Å². The smallest absolute Gasteiger partial charge is 0.232 e. The lowest BCUT2D eigenvalue weighted by molar-refractivity contribution is 0.159. The summed E-state index contributed by atoms with van der Waals surface area (Å²) in [7, 11) is 13.0. The van der Waals surface area contributed by atoms with Gasteiger partial charge in [0, 0.05) is 154 Å². The van der Waals surface area contributed by atoms with Crippen molar-refractivity contribution in [3.05, 3.63) is 5.82 Å². The summed E-state index contributed by atoms with van der Waals surface area (Å²) in [6.45, 7) is 52.1. The molecule has 0 atom stereocenters. The average Bonchev–Trinajstić information content (AvgIpc) is 0.812. The maximum atomic E-state index is 5.52. The Labute approximate surface area is 550 Å². The first-order valence-electron chi connectivity index (χ1n) is 34.4. The molecular formula is C68H127N23. The monoisotopic (exact) mass is 1270 g/mol. The Bertz CT molecular complexity index is 2730. The van der Waals surface area contributed by atoms with E-state index in [9.17, 15) is 0 Å². The highest BCUT2D eigenvalue weighted by Crippen LogP contribution is 2.39. The van der Waals surface area contributed by atoms with Gasteiger partial charge in [-0.2, -0.15) is 44.9 Å². The molecule has 0 spiro atoms. The van der Waals surface area contributed by atoms with Gasteiger partial charge >= 0.3 is 0 Å². The van der Waals surface area contributed by atoms with Gasteiger partial charge in [-0.1, -0.05) is 0 Å². The molecule has 3 aromatic heterocycles. The van der Waals surface area contributed by atoms with Gasteiger partial charge in [0.2, 0.25) is 47.6 Å². The van der Waals surface area contributed by atoms with Gasteiger partial charge in [-0.15, -0.1) is 0 Å². The maximum absolute atomic E-state index is 5.52. The Kier molecular flexibility index (Phi) is 20.9. The van der Waals surface area contributed by atoms with Gasteiger partial charge in [0.05, 0.1) is 0 Å². The van der Waals surface area contributed by atoms with Crippen molar-refractivity contribution >= 4 is 47.6 Å². The largest absolute Gasteiger partial charge is 0.354 e. The Morgan fingerprint density at radius 2 is 0.560 bits per heavy atom. The number of nitrogens with zero attached hydrogens (tertiary/aromatic N) is 16. The Morgan fingerprint density at radius 3 is 0.868 bits per heavy atom. The molecule has 5 saturated heterocycles. The van der Waals surface area contributed by atoms with Crippen LogP contribution in [0.15, 0.2) is 0 Å². The summed E-state index contributed by atoms with van der Waals surface area (Å²) in [5.41, 5.74) is -0.552. The van der Waals surface area contributed by atoms with Crippen LogP contribution in [0.1, 0.15) is 215 Å². The molecule has 0 amide bonds. The van der Waals surface area contributed by atoms with E-state index in [4.69, 9.17) is 44.9 Å². The topological polar surface area (TPSA) is 223 Å². The van der Waals surface area contributed by atoms with E-state index < -0.39 is 0 Å². The highest BCUT2D eigenvalue weighted by atomic mass is 15.4. The minimum Gasteiger partial charge on any atom is -0.354 e. The van der Waals surface area contributed by atoms with Gasteiger partial charge in [0.25, 0.3) is 0 Å². The summed E-state index contributed by atoms with van der Waals surface area (Å²) >= 11 is 0. The highest BCUT2D eigenvalue weighted by Gasteiger charge is 2.45. The van der Waals surface area contributed by atoms with Crippen molar-refractivity contribution in [3.8, 4) is 0 Å². The quantitative estimate of drug-likeness (QED) is 0.0442. The molecule has 23 heteroatoms. The van der Waals surface area contributed by atoms with Gasteiger partial charge in [-0.3, -0.25) is 0 Å². The van der Waals surface area contributed by atoms with Crippen molar-refractivity contribution in [1.29, 1.82) is 0 Å². The van der Waals surface area contributed by atoms with E-state index in [-0.39, 0.29) is 79.6 Å². The lowest BCUT2D eigenvalue weighted by atomic mass is 9.79. The predicted octanol–water partition coefficient (Wildman–Crippen LogP) is 8.63. The molecule has 3 aromatic rings. The average molecular weight is 1270 g/mol.